The highest BCUT2D eigenvalue weighted by molar-refractivity contribution is 7.13. The van der Waals surface area contributed by atoms with Gasteiger partial charge in [-0.3, -0.25) is 4.79 Å². The van der Waals surface area contributed by atoms with Crippen molar-refractivity contribution in [2.75, 3.05) is 11.1 Å². The van der Waals surface area contributed by atoms with Gasteiger partial charge in [0.15, 0.2) is 5.13 Å². The van der Waals surface area contributed by atoms with Crippen molar-refractivity contribution in [3.05, 3.63) is 39.9 Å². The summed E-state index contributed by atoms with van der Waals surface area (Å²) < 4.78 is 0. The monoisotopic (exact) mass is 292 g/mol. The number of aromatic nitrogens is 1. The number of hydrogen-bond acceptors (Lipinski definition) is 5. The predicted octanol–water partition coefficient (Wildman–Crippen LogP) is 2.43. The minimum absolute atomic E-state index is 0.112. The lowest BCUT2D eigenvalue weighted by Gasteiger charge is -2.06. The number of carbonyl (C=O) groups is 1. The molecule has 0 saturated carbocycles. The topological polar surface area (TPSA) is 91.8 Å². The molecule has 1 amide bonds. The lowest BCUT2D eigenvalue weighted by molar-refractivity contribution is -0.115. The van der Waals surface area contributed by atoms with Crippen LogP contribution in [0, 0.1) is 11.3 Å². The Morgan fingerprint density at radius 2 is 2.37 bits per heavy atom. The van der Waals surface area contributed by atoms with Crippen LogP contribution in [0.25, 0.3) is 0 Å². The first-order chi connectivity index (χ1) is 9.08. The molecular weight excluding hydrogens is 284 g/mol. The molecular formula is C12H9ClN4OS. The summed E-state index contributed by atoms with van der Waals surface area (Å²) in [7, 11) is 0. The molecule has 0 aliphatic rings. The van der Waals surface area contributed by atoms with Gasteiger partial charge in [-0.05, 0) is 18.2 Å². The fourth-order valence-electron chi connectivity index (χ4n) is 1.45. The Labute approximate surface area is 118 Å². The first-order valence-electron chi connectivity index (χ1n) is 5.28. The Bertz CT molecular complexity index is 662. The number of nitriles is 1. The summed E-state index contributed by atoms with van der Waals surface area (Å²) in [5.41, 5.74) is 6.93. The maximum absolute atomic E-state index is 11.8. The number of anilines is 2. The third kappa shape index (κ3) is 3.44. The van der Waals surface area contributed by atoms with Crippen LogP contribution < -0.4 is 11.1 Å². The molecule has 19 heavy (non-hydrogen) atoms. The number of nitrogens with two attached hydrogens (primary N) is 1. The summed E-state index contributed by atoms with van der Waals surface area (Å²) in [6, 6.07) is 6.66. The Balaban J connectivity index is 2.09. The van der Waals surface area contributed by atoms with E-state index in [-0.39, 0.29) is 12.3 Å². The van der Waals surface area contributed by atoms with Gasteiger partial charge in [-0.25, -0.2) is 4.98 Å². The number of thiazole rings is 1. The van der Waals surface area contributed by atoms with Gasteiger partial charge in [0.2, 0.25) is 5.91 Å². The van der Waals surface area contributed by atoms with Gasteiger partial charge >= 0.3 is 0 Å². The van der Waals surface area contributed by atoms with E-state index in [0.717, 1.165) is 0 Å². The second-order valence-electron chi connectivity index (χ2n) is 3.71. The van der Waals surface area contributed by atoms with Crippen molar-refractivity contribution in [1.82, 2.24) is 4.98 Å². The van der Waals surface area contributed by atoms with Gasteiger partial charge in [-0.15, -0.1) is 11.3 Å². The van der Waals surface area contributed by atoms with Crippen molar-refractivity contribution in [3.8, 4) is 6.07 Å². The highest BCUT2D eigenvalue weighted by Crippen LogP contribution is 2.23. The van der Waals surface area contributed by atoms with Crippen LogP contribution in [0.15, 0.2) is 23.6 Å². The first-order valence-corrected chi connectivity index (χ1v) is 6.53. The highest BCUT2D eigenvalue weighted by Gasteiger charge is 2.09. The van der Waals surface area contributed by atoms with Crippen molar-refractivity contribution in [1.29, 1.82) is 5.26 Å². The van der Waals surface area contributed by atoms with Gasteiger partial charge in [0, 0.05) is 5.38 Å². The average molecular weight is 293 g/mol. The lowest BCUT2D eigenvalue weighted by atomic mass is 10.2. The number of hydrogen-bond donors (Lipinski definition) is 2. The molecule has 2 aromatic rings. The van der Waals surface area contributed by atoms with E-state index in [2.05, 4.69) is 10.3 Å². The van der Waals surface area contributed by atoms with Crippen molar-refractivity contribution < 1.29 is 4.79 Å². The first kappa shape index (κ1) is 13.3. The minimum atomic E-state index is -0.262. The number of carbonyl (C=O) groups excluding carboxylic acids is 1. The van der Waals surface area contributed by atoms with Crippen LogP contribution in [-0.2, 0) is 11.2 Å². The zero-order valence-corrected chi connectivity index (χ0v) is 11.3. The Morgan fingerprint density at radius 1 is 1.58 bits per heavy atom. The molecule has 0 aliphatic heterocycles. The molecule has 0 radical (unpaired) electrons. The molecule has 5 nitrogen and oxygen atoms in total. The summed E-state index contributed by atoms with van der Waals surface area (Å²) in [4.78, 5) is 15.8. The van der Waals surface area contributed by atoms with E-state index in [0.29, 0.717) is 27.1 Å². The normalized spacial score (nSPS) is 9.89. The van der Waals surface area contributed by atoms with E-state index in [9.17, 15) is 4.79 Å². The number of nitrogens with zero attached hydrogens (tertiary/aromatic N) is 2. The number of nitrogens with one attached hydrogen (secondary N) is 1. The average Bonchev–Trinajstić information content (AvgIpc) is 2.77. The predicted molar refractivity (Wildman–Crippen MR) is 75.0 cm³/mol. The fourth-order valence-corrected chi connectivity index (χ4v) is 2.18. The van der Waals surface area contributed by atoms with Crippen LogP contribution >= 0.6 is 22.9 Å². The van der Waals surface area contributed by atoms with Crippen molar-refractivity contribution in [2.24, 2.45) is 0 Å². The Hall–Kier alpha value is -2.10. The van der Waals surface area contributed by atoms with Gasteiger partial charge in [0.1, 0.15) is 0 Å². The van der Waals surface area contributed by atoms with E-state index in [1.807, 2.05) is 6.07 Å². The maximum Gasteiger partial charge on any atom is 0.230 e. The van der Waals surface area contributed by atoms with Crippen LogP contribution in [0.5, 0.6) is 0 Å². The quantitative estimate of drug-likeness (QED) is 0.909. The van der Waals surface area contributed by atoms with Gasteiger partial charge in [-0.2, -0.15) is 5.26 Å². The largest absolute Gasteiger partial charge is 0.375 e. The molecule has 1 aromatic carbocycles. The van der Waals surface area contributed by atoms with Crippen molar-refractivity contribution >= 4 is 39.7 Å². The van der Waals surface area contributed by atoms with Gasteiger partial charge in [-0.1, -0.05) is 11.6 Å². The number of nitrogen functional groups attached to an aromatic ring is 1. The van der Waals surface area contributed by atoms with E-state index >= 15 is 0 Å². The number of benzene rings is 1. The highest BCUT2D eigenvalue weighted by atomic mass is 35.5. The van der Waals surface area contributed by atoms with Crippen LogP contribution in [0.1, 0.15) is 11.3 Å². The third-order valence-electron chi connectivity index (χ3n) is 2.28. The molecule has 0 spiro atoms. The second-order valence-corrected chi connectivity index (χ2v) is 5.01. The molecule has 3 N–H and O–H groups in total. The second kappa shape index (κ2) is 5.69. The van der Waals surface area contributed by atoms with Gasteiger partial charge < -0.3 is 11.1 Å². The minimum Gasteiger partial charge on any atom is -0.375 e. The molecule has 0 fully saturated rings. The SMILES string of the molecule is N#Cc1ccc(Cl)c(NC(=O)Cc2csc(N)n2)c1. The van der Waals surface area contributed by atoms with Crippen LogP contribution in [-0.4, -0.2) is 10.9 Å². The van der Waals surface area contributed by atoms with E-state index in [1.54, 1.807) is 17.5 Å². The zero-order chi connectivity index (χ0) is 13.8. The Morgan fingerprint density at radius 3 is 3.00 bits per heavy atom. The standard InChI is InChI=1S/C12H9ClN4OS/c13-9-2-1-7(5-14)3-10(9)17-11(18)4-8-6-19-12(15)16-8/h1-3,6H,4H2,(H2,15,16)(H,17,18). The molecule has 96 valence electrons. The summed E-state index contributed by atoms with van der Waals surface area (Å²) in [6.07, 6.45) is 0.112. The van der Waals surface area contributed by atoms with Gasteiger partial charge in [0.05, 0.1) is 34.5 Å². The van der Waals surface area contributed by atoms with Crippen molar-refractivity contribution in [3.63, 3.8) is 0 Å². The molecule has 1 aromatic heterocycles. The van der Waals surface area contributed by atoms with Gasteiger partial charge in [0.25, 0.3) is 0 Å². The van der Waals surface area contributed by atoms with E-state index in [4.69, 9.17) is 22.6 Å². The number of amides is 1. The van der Waals surface area contributed by atoms with Crippen LogP contribution in [0.4, 0.5) is 10.8 Å². The van der Waals surface area contributed by atoms with E-state index < -0.39 is 0 Å². The molecule has 2 rings (SSSR count). The summed E-state index contributed by atoms with van der Waals surface area (Å²) >= 11 is 7.23. The smallest absolute Gasteiger partial charge is 0.230 e. The molecule has 0 bridgehead atoms. The summed E-state index contributed by atoms with van der Waals surface area (Å²) in [5.74, 6) is -0.262. The zero-order valence-electron chi connectivity index (χ0n) is 9.68. The van der Waals surface area contributed by atoms with Crippen LogP contribution in [0.3, 0.4) is 0 Å². The molecule has 0 aliphatic carbocycles. The third-order valence-corrected chi connectivity index (χ3v) is 3.33. The molecule has 0 unspecified atom stereocenters. The Kier molecular flexibility index (Phi) is 4.00. The maximum atomic E-state index is 11.8. The van der Waals surface area contributed by atoms with E-state index in [1.165, 1.54) is 17.4 Å². The summed E-state index contributed by atoms with van der Waals surface area (Å²) in [6.45, 7) is 0. The lowest BCUT2D eigenvalue weighted by Crippen LogP contribution is -2.15. The number of halogens is 1. The van der Waals surface area contributed by atoms with Crippen molar-refractivity contribution in [2.45, 2.75) is 6.42 Å². The summed E-state index contributed by atoms with van der Waals surface area (Å²) in [5, 5.41) is 14.0. The molecule has 0 saturated heterocycles. The van der Waals surface area contributed by atoms with Crippen LogP contribution in [0.2, 0.25) is 5.02 Å². The molecule has 7 heteroatoms. The molecule has 1 heterocycles. The molecule has 0 atom stereocenters. The number of rotatable bonds is 3. The fraction of sp³-hybridized carbons (Fsp3) is 0.0833.